The van der Waals surface area contributed by atoms with Crippen molar-refractivity contribution in [3.8, 4) is 0 Å². The molecule has 2 aromatic rings. The van der Waals surface area contributed by atoms with E-state index in [1.807, 2.05) is 6.92 Å². The highest BCUT2D eigenvalue weighted by Crippen LogP contribution is 2.29. The van der Waals surface area contributed by atoms with Crippen molar-refractivity contribution < 1.29 is 4.79 Å². The lowest BCUT2D eigenvalue weighted by molar-refractivity contribution is -0.126. The average molecular weight is 396 g/mol. The zero-order valence-corrected chi connectivity index (χ0v) is 16.4. The van der Waals surface area contributed by atoms with Crippen LogP contribution in [-0.4, -0.2) is 27.0 Å². The van der Waals surface area contributed by atoms with Gasteiger partial charge in [0.1, 0.15) is 0 Å². The molecule has 26 heavy (non-hydrogen) atoms. The van der Waals surface area contributed by atoms with Gasteiger partial charge in [-0.1, -0.05) is 29.3 Å². The van der Waals surface area contributed by atoms with E-state index in [1.165, 1.54) is 41.9 Å². The number of aryl methyl sites for hydroxylation is 1. The fourth-order valence-electron chi connectivity index (χ4n) is 2.47. The van der Waals surface area contributed by atoms with Gasteiger partial charge in [-0.2, -0.15) is 0 Å². The van der Waals surface area contributed by atoms with Gasteiger partial charge in [-0.3, -0.25) is 14.2 Å². The van der Waals surface area contributed by atoms with Crippen LogP contribution in [-0.2, 0) is 18.9 Å². The molecular formula is C18H19Cl2N3O3. The molecule has 0 radical (unpaired) electrons. The molecule has 1 aromatic heterocycles. The molecule has 2 rings (SSSR count). The summed E-state index contributed by atoms with van der Waals surface area (Å²) in [5.41, 5.74) is 0.113. The van der Waals surface area contributed by atoms with Gasteiger partial charge >= 0.3 is 5.69 Å². The summed E-state index contributed by atoms with van der Waals surface area (Å²) in [5, 5.41) is 0.992. The number of likely N-dealkylation sites (N-methyl/N-ethyl adjacent to an activating group) is 1. The third-order valence-electron chi connectivity index (χ3n) is 4.22. The van der Waals surface area contributed by atoms with Gasteiger partial charge < -0.3 is 9.47 Å². The van der Waals surface area contributed by atoms with Crippen molar-refractivity contribution in [2.45, 2.75) is 13.0 Å². The van der Waals surface area contributed by atoms with Crippen LogP contribution in [0.15, 0.2) is 40.1 Å². The largest absolute Gasteiger partial charge is 0.335 e. The van der Waals surface area contributed by atoms with E-state index < -0.39 is 11.2 Å². The maximum Gasteiger partial charge on any atom is 0.330 e. The first-order chi connectivity index (χ1) is 12.1. The molecule has 8 heteroatoms. The highest BCUT2D eigenvalue weighted by Gasteiger charge is 2.18. The predicted octanol–water partition coefficient (Wildman–Crippen LogP) is 2.62. The van der Waals surface area contributed by atoms with Gasteiger partial charge in [0.25, 0.3) is 5.56 Å². The molecule has 1 atom stereocenters. The Hall–Kier alpha value is -2.31. The zero-order valence-electron chi connectivity index (χ0n) is 14.9. The minimum Gasteiger partial charge on any atom is -0.335 e. The van der Waals surface area contributed by atoms with E-state index in [4.69, 9.17) is 23.2 Å². The summed E-state index contributed by atoms with van der Waals surface area (Å²) in [4.78, 5) is 37.7. The summed E-state index contributed by atoms with van der Waals surface area (Å²) in [6.45, 7) is 1.84. The number of hydrogen-bond donors (Lipinski definition) is 0. The number of benzene rings is 1. The molecule has 138 valence electrons. The Labute approximate surface area is 160 Å². The smallest absolute Gasteiger partial charge is 0.330 e. The van der Waals surface area contributed by atoms with E-state index in [0.717, 1.165) is 10.1 Å². The van der Waals surface area contributed by atoms with Crippen molar-refractivity contribution in [1.82, 2.24) is 14.0 Å². The predicted molar refractivity (Wildman–Crippen MR) is 104 cm³/mol. The van der Waals surface area contributed by atoms with E-state index in [2.05, 4.69) is 0 Å². The van der Waals surface area contributed by atoms with E-state index >= 15 is 0 Å². The van der Waals surface area contributed by atoms with Crippen LogP contribution in [0.3, 0.4) is 0 Å². The highest BCUT2D eigenvalue weighted by molar-refractivity contribution is 6.35. The van der Waals surface area contributed by atoms with E-state index in [1.54, 1.807) is 25.2 Å². The van der Waals surface area contributed by atoms with Gasteiger partial charge in [-0.15, -0.1) is 0 Å². The molecule has 0 N–H and O–H groups in total. The molecule has 0 aliphatic heterocycles. The van der Waals surface area contributed by atoms with Gasteiger partial charge in [0.2, 0.25) is 5.91 Å². The van der Waals surface area contributed by atoms with Gasteiger partial charge in [-0.05, 0) is 30.7 Å². The van der Waals surface area contributed by atoms with Crippen LogP contribution in [0.4, 0.5) is 0 Å². The average Bonchev–Trinajstić information content (AvgIpc) is 2.60. The first-order valence-electron chi connectivity index (χ1n) is 7.80. The Morgan fingerprint density at radius 1 is 1.23 bits per heavy atom. The summed E-state index contributed by atoms with van der Waals surface area (Å²) in [5.74, 6) is -0.306. The maximum absolute atomic E-state index is 12.5. The fraction of sp³-hybridized carbons (Fsp3) is 0.278. The van der Waals surface area contributed by atoms with Crippen molar-refractivity contribution in [1.29, 1.82) is 0 Å². The van der Waals surface area contributed by atoms with Crippen LogP contribution >= 0.6 is 23.2 Å². The molecule has 1 aromatic carbocycles. The number of hydrogen-bond acceptors (Lipinski definition) is 3. The SMILES string of the molecule is CC(c1ccc(Cl)cc1Cl)N(C)C(=O)C=Cc1cn(C)c(=O)n(C)c1=O. The molecule has 0 saturated carbocycles. The lowest BCUT2D eigenvalue weighted by atomic mass is 10.1. The molecule has 1 unspecified atom stereocenters. The Morgan fingerprint density at radius 2 is 1.88 bits per heavy atom. The van der Waals surface area contributed by atoms with Crippen molar-refractivity contribution >= 4 is 35.2 Å². The third-order valence-corrected chi connectivity index (χ3v) is 4.78. The number of rotatable bonds is 4. The molecule has 1 heterocycles. The third kappa shape index (κ3) is 4.08. The van der Waals surface area contributed by atoms with Crippen LogP contribution in [0, 0.1) is 0 Å². The van der Waals surface area contributed by atoms with Crippen LogP contribution in [0.1, 0.15) is 24.1 Å². The molecule has 0 spiro atoms. The van der Waals surface area contributed by atoms with Crippen LogP contribution in [0.2, 0.25) is 10.0 Å². The number of carbonyl (C=O) groups is 1. The molecule has 0 aliphatic rings. The van der Waals surface area contributed by atoms with Crippen LogP contribution < -0.4 is 11.2 Å². The fourth-order valence-corrected chi connectivity index (χ4v) is 3.04. The van der Waals surface area contributed by atoms with Gasteiger partial charge in [0, 0.05) is 43.5 Å². The first-order valence-corrected chi connectivity index (χ1v) is 8.55. The normalized spacial score (nSPS) is 12.4. The molecular weight excluding hydrogens is 377 g/mol. The van der Waals surface area contributed by atoms with E-state index in [0.29, 0.717) is 10.0 Å². The minimum absolute atomic E-state index is 0.244. The van der Waals surface area contributed by atoms with Gasteiger partial charge in [0.15, 0.2) is 0 Å². The zero-order chi connectivity index (χ0) is 19.6. The van der Waals surface area contributed by atoms with Crippen molar-refractivity contribution in [2.75, 3.05) is 7.05 Å². The number of carbonyl (C=O) groups excluding carboxylic acids is 1. The highest BCUT2D eigenvalue weighted by atomic mass is 35.5. The van der Waals surface area contributed by atoms with Gasteiger partial charge in [0.05, 0.1) is 11.6 Å². The second kappa shape index (κ2) is 7.93. The molecule has 0 aliphatic carbocycles. The van der Waals surface area contributed by atoms with Crippen LogP contribution in [0.5, 0.6) is 0 Å². The first kappa shape index (κ1) is 20.0. The second-order valence-electron chi connectivity index (χ2n) is 5.97. The van der Waals surface area contributed by atoms with Gasteiger partial charge in [-0.25, -0.2) is 4.79 Å². The topological polar surface area (TPSA) is 64.3 Å². The molecule has 0 saturated heterocycles. The van der Waals surface area contributed by atoms with Crippen molar-refractivity contribution in [2.24, 2.45) is 14.1 Å². The van der Waals surface area contributed by atoms with Crippen molar-refractivity contribution in [3.05, 3.63) is 72.5 Å². The minimum atomic E-state index is -0.464. The molecule has 1 amide bonds. The lowest BCUT2D eigenvalue weighted by Crippen LogP contribution is -2.37. The standard InChI is InChI=1S/C18H19Cl2N3O3/c1-11(14-7-6-13(19)9-15(14)20)22(3)16(24)8-5-12-10-21(2)18(26)23(4)17(12)25/h5-11H,1-4H3. The van der Waals surface area contributed by atoms with E-state index in [-0.39, 0.29) is 17.5 Å². The number of nitrogens with zero attached hydrogens (tertiary/aromatic N) is 3. The molecule has 0 fully saturated rings. The summed E-state index contributed by atoms with van der Waals surface area (Å²) in [7, 11) is 4.57. The number of amides is 1. The maximum atomic E-state index is 12.5. The van der Waals surface area contributed by atoms with E-state index in [9.17, 15) is 14.4 Å². The summed E-state index contributed by atoms with van der Waals surface area (Å²) < 4.78 is 2.27. The number of halogens is 2. The number of aromatic nitrogens is 2. The molecule has 0 bridgehead atoms. The Morgan fingerprint density at radius 3 is 2.50 bits per heavy atom. The Balaban J connectivity index is 2.25. The second-order valence-corrected chi connectivity index (χ2v) is 6.81. The summed E-state index contributed by atoms with van der Waals surface area (Å²) in [6.07, 6.45) is 4.09. The van der Waals surface area contributed by atoms with Crippen LogP contribution in [0.25, 0.3) is 6.08 Å². The van der Waals surface area contributed by atoms with Crippen molar-refractivity contribution in [3.63, 3.8) is 0 Å². The Kier molecular flexibility index (Phi) is 6.10. The summed E-state index contributed by atoms with van der Waals surface area (Å²) >= 11 is 12.1. The lowest BCUT2D eigenvalue weighted by Gasteiger charge is -2.25. The quantitative estimate of drug-likeness (QED) is 0.747. The Bertz CT molecular complexity index is 992. The summed E-state index contributed by atoms with van der Waals surface area (Å²) in [6, 6.07) is 4.81. The molecule has 6 nitrogen and oxygen atoms in total. The monoisotopic (exact) mass is 395 g/mol.